The number of aldehydes is 1. The fourth-order valence-corrected chi connectivity index (χ4v) is 1.65. The van der Waals surface area contributed by atoms with Crippen molar-refractivity contribution in [3.05, 3.63) is 0 Å². The predicted molar refractivity (Wildman–Crippen MR) is 25.7 cm³/mol. The van der Waals surface area contributed by atoms with Crippen molar-refractivity contribution in [2.45, 2.75) is 6.92 Å². The molecule has 4 atom stereocenters. The van der Waals surface area contributed by atoms with E-state index in [0.29, 0.717) is 5.92 Å². The van der Waals surface area contributed by atoms with Gasteiger partial charge in [-0.05, 0) is 17.8 Å². The Labute approximate surface area is 42.7 Å². The summed E-state index contributed by atoms with van der Waals surface area (Å²) in [6.07, 6.45) is 1.11. The summed E-state index contributed by atoms with van der Waals surface area (Å²) in [4.78, 5) is 9.95. The maximum atomic E-state index is 9.95. The molecule has 2 aliphatic rings. The molecule has 0 amide bonds. The number of hydrogen-bond donors (Lipinski definition) is 0. The lowest BCUT2D eigenvalue weighted by Crippen LogP contribution is -1.96. The van der Waals surface area contributed by atoms with Gasteiger partial charge in [0.15, 0.2) is 0 Å². The molecular formula is C6H8O. The highest BCUT2D eigenvalue weighted by molar-refractivity contribution is 5.63. The van der Waals surface area contributed by atoms with Crippen LogP contribution in [0.1, 0.15) is 6.92 Å². The fraction of sp³-hybridized carbons (Fsp3) is 0.833. The Hall–Kier alpha value is -0.330. The largest absolute Gasteiger partial charge is 0.303 e. The zero-order chi connectivity index (χ0) is 5.02. The number of carbonyl (C=O) groups excluding carboxylic acids is 1. The van der Waals surface area contributed by atoms with E-state index < -0.39 is 0 Å². The monoisotopic (exact) mass is 96.1 g/mol. The Bertz CT molecular complexity index is 109. The topological polar surface area (TPSA) is 17.1 Å². The van der Waals surface area contributed by atoms with Crippen LogP contribution < -0.4 is 0 Å². The summed E-state index contributed by atoms with van der Waals surface area (Å²) in [7, 11) is 0. The molecule has 0 aromatic carbocycles. The Balaban J connectivity index is 1.99. The van der Waals surface area contributed by atoms with Gasteiger partial charge in [0.05, 0.1) is 0 Å². The van der Waals surface area contributed by atoms with Crippen LogP contribution in [0.2, 0.25) is 0 Å². The van der Waals surface area contributed by atoms with Gasteiger partial charge < -0.3 is 4.79 Å². The maximum absolute atomic E-state index is 9.95. The minimum Gasteiger partial charge on any atom is -0.303 e. The van der Waals surface area contributed by atoms with Crippen molar-refractivity contribution in [1.29, 1.82) is 0 Å². The zero-order valence-corrected chi connectivity index (χ0v) is 4.29. The number of rotatable bonds is 1. The Morgan fingerprint density at radius 3 is 2.14 bits per heavy atom. The van der Waals surface area contributed by atoms with Gasteiger partial charge in [0.2, 0.25) is 0 Å². The summed E-state index contributed by atoms with van der Waals surface area (Å²) in [5.74, 6) is 3.06. The van der Waals surface area contributed by atoms with E-state index >= 15 is 0 Å². The summed E-state index contributed by atoms with van der Waals surface area (Å²) >= 11 is 0. The smallest absolute Gasteiger partial charge is 0.123 e. The summed E-state index contributed by atoms with van der Waals surface area (Å²) in [6.45, 7) is 2.22. The van der Waals surface area contributed by atoms with Gasteiger partial charge in [0.1, 0.15) is 6.29 Å². The third kappa shape index (κ3) is 0.245. The average molecular weight is 96.1 g/mol. The minimum atomic E-state index is 0.495. The molecule has 0 aromatic heterocycles. The van der Waals surface area contributed by atoms with Gasteiger partial charge in [0.25, 0.3) is 0 Å². The fourth-order valence-electron chi connectivity index (χ4n) is 1.65. The number of fused-ring (bicyclic) bond motifs is 1. The van der Waals surface area contributed by atoms with Crippen LogP contribution in [0.15, 0.2) is 0 Å². The summed E-state index contributed by atoms with van der Waals surface area (Å²) in [5, 5.41) is 0. The quantitative estimate of drug-likeness (QED) is 0.439. The molecule has 1 nitrogen and oxygen atoms in total. The first-order valence-corrected chi connectivity index (χ1v) is 2.81. The molecule has 0 aliphatic heterocycles. The molecular weight excluding hydrogens is 88.1 g/mol. The first kappa shape index (κ1) is 3.65. The SMILES string of the molecule is CC1[C@@H]2C(C=O)[C@H]12. The lowest BCUT2D eigenvalue weighted by Gasteiger charge is -1.93. The molecule has 0 bridgehead atoms. The lowest BCUT2D eigenvalue weighted by molar-refractivity contribution is -0.110. The Morgan fingerprint density at radius 2 is 2.00 bits per heavy atom. The van der Waals surface area contributed by atoms with Crippen molar-refractivity contribution < 1.29 is 4.79 Å². The van der Waals surface area contributed by atoms with E-state index in [2.05, 4.69) is 6.92 Å². The van der Waals surface area contributed by atoms with Gasteiger partial charge in [-0.2, -0.15) is 0 Å². The highest BCUT2D eigenvalue weighted by Gasteiger charge is 2.70. The third-order valence-corrected chi connectivity index (χ3v) is 2.42. The van der Waals surface area contributed by atoms with E-state index in [1.165, 1.54) is 0 Å². The van der Waals surface area contributed by atoms with Crippen molar-refractivity contribution in [3.8, 4) is 0 Å². The van der Waals surface area contributed by atoms with E-state index in [0.717, 1.165) is 24.0 Å². The van der Waals surface area contributed by atoms with Crippen LogP contribution in [0.5, 0.6) is 0 Å². The molecule has 2 saturated carbocycles. The van der Waals surface area contributed by atoms with Crippen LogP contribution >= 0.6 is 0 Å². The molecule has 7 heavy (non-hydrogen) atoms. The first-order chi connectivity index (χ1) is 3.36. The predicted octanol–water partition coefficient (Wildman–Crippen LogP) is 0.697. The zero-order valence-electron chi connectivity index (χ0n) is 4.29. The molecule has 38 valence electrons. The number of hydrogen-bond acceptors (Lipinski definition) is 1. The highest BCUT2D eigenvalue weighted by atomic mass is 16.1. The van der Waals surface area contributed by atoms with E-state index in [1.807, 2.05) is 0 Å². The molecule has 2 fully saturated rings. The number of carbonyl (C=O) groups is 1. The van der Waals surface area contributed by atoms with E-state index in [1.54, 1.807) is 0 Å². The lowest BCUT2D eigenvalue weighted by atomic mass is 10.1. The van der Waals surface area contributed by atoms with Gasteiger partial charge in [0, 0.05) is 5.92 Å². The van der Waals surface area contributed by atoms with Crippen LogP contribution in [0.4, 0.5) is 0 Å². The standard InChI is InChI=1S/C6H8O/c1-3-5-4(2-7)6(3)5/h2-6H,1H3/t3?,4?,5-,6+. The molecule has 0 heterocycles. The highest BCUT2D eigenvalue weighted by Crippen LogP contribution is 2.71. The molecule has 0 spiro atoms. The summed E-state index contributed by atoms with van der Waals surface area (Å²) in [6, 6.07) is 0. The molecule has 0 aromatic rings. The summed E-state index contributed by atoms with van der Waals surface area (Å²) < 4.78 is 0. The van der Waals surface area contributed by atoms with Crippen molar-refractivity contribution in [2.24, 2.45) is 23.7 Å². The average Bonchev–Trinajstić information content (AvgIpc) is 2.47. The van der Waals surface area contributed by atoms with E-state index in [-0.39, 0.29) is 0 Å². The van der Waals surface area contributed by atoms with Crippen LogP contribution in [0.25, 0.3) is 0 Å². The molecule has 1 heteroatoms. The second-order valence-corrected chi connectivity index (χ2v) is 2.73. The van der Waals surface area contributed by atoms with Gasteiger partial charge >= 0.3 is 0 Å². The van der Waals surface area contributed by atoms with Crippen molar-refractivity contribution in [1.82, 2.24) is 0 Å². The Kier molecular flexibility index (Phi) is 0.401. The van der Waals surface area contributed by atoms with Crippen LogP contribution in [-0.4, -0.2) is 6.29 Å². The first-order valence-electron chi connectivity index (χ1n) is 2.81. The van der Waals surface area contributed by atoms with E-state index in [9.17, 15) is 4.79 Å². The second kappa shape index (κ2) is 0.770. The Morgan fingerprint density at radius 1 is 1.43 bits per heavy atom. The molecule has 2 aliphatic carbocycles. The van der Waals surface area contributed by atoms with Gasteiger partial charge in [-0.15, -0.1) is 0 Å². The molecule has 0 saturated heterocycles. The molecule has 2 rings (SSSR count). The van der Waals surface area contributed by atoms with Crippen molar-refractivity contribution in [3.63, 3.8) is 0 Å². The minimum absolute atomic E-state index is 0.495. The van der Waals surface area contributed by atoms with Gasteiger partial charge in [-0.25, -0.2) is 0 Å². The third-order valence-electron chi connectivity index (χ3n) is 2.42. The second-order valence-electron chi connectivity index (χ2n) is 2.73. The van der Waals surface area contributed by atoms with Crippen molar-refractivity contribution >= 4 is 6.29 Å². The van der Waals surface area contributed by atoms with E-state index in [4.69, 9.17) is 0 Å². The van der Waals surface area contributed by atoms with Crippen LogP contribution in [0, 0.1) is 23.7 Å². The van der Waals surface area contributed by atoms with Gasteiger partial charge in [-0.3, -0.25) is 0 Å². The molecule has 0 N–H and O–H groups in total. The normalized spacial score (nSPS) is 63.6. The molecule has 2 unspecified atom stereocenters. The maximum Gasteiger partial charge on any atom is 0.123 e. The van der Waals surface area contributed by atoms with Crippen LogP contribution in [-0.2, 0) is 4.79 Å². The molecule has 0 radical (unpaired) electrons. The summed E-state index contributed by atoms with van der Waals surface area (Å²) in [5.41, 5.74) is 0. The van der Waals surface area contributed by atoms with Gasteiger partial charge in [-0.1, -0.05) is 6.92 Å². The van der Waals surface area contributed by atoms with Crippen LogP contribution in [0.3, 0.4) is 0 Å². The van der Waals surface area contributed by atoms with Crippen molar-refractivity contribution in [2.75, 3.05) is 0 Å².